The predicted molar refractivity (Wildman–Crippen MR) is 91.6 cm³/mol. The Morgan fingerprint density at radius 2 is 2.12 bits per heavy atom. The molecule has 6 nitrogen and oxygen atoms in total. The lowest BCUT2D eigenvalue weighted by Gasteiger charge is -2.36. The van der Waals surface area contributed by atoms with Crippen molar-refractivity contribution in [2.45, 2.75) is 45.1 Å². The molecule has 0 radical (unpaired) electrons. The highest BCUT2D eigenvalue weighted by molar-refractivity contribution is 5.78. The molecule has 3 heterocycles. The van der Waals surface area contributed by atoms with Crippen LogP contribution in [0.25, 0.3) is 0 Å². The third-order valence-corrected chi connectivity index (χ3v) is 5.11. The molecular weight excluding hydrogens is 304 g/mol. The first-order valence-electron chi connectivity index (χ1n) is 8.87. The maximum atomic E-state index is 12.3. The van der Waals surface area contributed by atoms with Crippen LogP contribution in [0, 0.1) is 6.92 Å². The number of pyridine rings is 1. The fourth-order valence-corrected chi connectivity index (χ4v) is 3.63. The first kappa shape index (κ1) is 16.7. The van der Waals surface area contributed by atoms with E-state index in [0.717, 1.165) is 50.9 Å². The number of carbonyl (C=O) groups excluding carboxylic acids is 2. The Morgan fingerprint density at radius 3 is 2.79 bits per heavy atom. The van der Waals surface area contributed by atoms with E-state index in [1.165, 1.54) is 5.56 Å². The van der Waals surface area contributed by atoms with Crippen LogP contribution in [0.5, 0.6) is 0 Å². The number of nitrogens with one attached hydrogen (secondary N) is 1. The molecule has 2 aliphatic rings. The van der Waals surface area contributed by atoms with Gasteiger partial charge in [0.05, 0.1) is 0 Å². The van der Waals surface area contributed by atoms with E-state index in [2.05, 4.69) is 10.3 Å². The Balaban J connectivity index is 1.41. The Bertz CT molecular complexity index is 596. The summed E-state index contributed by atoms with van der Waals surface area (Å²) in [5.41, 5.74) is 2.37. The molecule has 1 aromatic rings. The van der Waals surface area contributed by atoms with Crippen LogP contribution in [0.3, 0.4) is 0 Å². The summed E-state index contributed by atoms with van der Waals surface area (Å²) in [6, 6.07) is 2.33. The number of rotatable bonds is 4. The van der Waals surface area contributed by atoms with Gasteiger partial charge in [-0.3, -0.25) is 9.78 Å². The maximum Gasteiger partial charge on any atom is 0.317 e. The van der Waals surface area contributed by atoms with E-state index in [0.29, 0.717) is 19.0 Å². The van der Waals surface area contributed by atoms with Crippen molar-refractivity contribution in [1.82, 2.24) is 20.1 Å². The fourth-order valence-electron chi connectivity index (χ4n) is 3.63. The van der Waals surface area contributed by atoms with Crippen molar-refractivity contribution < 1.29 is 9.59 Å². The van der Waals surface area contributed by atoms with E-state index in [4.69, 9.17) is 0 Å². The predicted octanol–water partition coefficient (Wildman–Crippen LogP) is 1.73. The molecule has 1 N–H and O–H groups in total. The van der Waals surface area contributed by atoms with Crippen LogP contribution in [0.1, 0.15) is 36.8 Å². The van der Waals surface area contributed by atoms with Crippen molar-refractivity contribution in [2.75, 3.05) is 26.2 Å². The smallest absolute Gasteiger partial charge is 0.317 e. The summed E-state index contributed by atoms with van der Waals surface area (Å²) in [4.78, 5) is 32.1. The molecule has 0 saturated carbocycles. The van der Waals surface area contributed by atoms with Crippen molar-refractivity contribution in [3.8, 4) is 0 Å². The number of hydrogen-bond donors (Lipinski definition) is 1. The van der Waals surface area contributed by atoms with Gasteiger partial charge in [-0.15, -0.1) is 0 Å². The number of amides is 3. The molecule has 130 valence electrons. The standard InChI is InChI=1S/C18H26N4O2/c1-14-13-19-8-4-15(14)5-9-20-18(24)21-11-6-16(7-12-21)22-10-2-3-17(22)23/h4,8,13,16H,2-3,5-7,9-12H2,1H3,(H,20,24). The second-order valence-corrected chi connectivity index (χ2v) is 6.69. The zero-order valence-electron chi connectivity index (χ0n) is 14.3. The molecule has 3 amide bonds. The van der Waals surface area contributed by atoms with E-state index >= 15 is 0 Å². The maximum absolute atomic E-state index is 12.3. The minimum Gasteiger partial charge on any atom is -0.340 e. The van der Waals surface area contributed by atoms with Gasteiger partial charge < -0.3 is 15.1 Å². The number of carbonyl (C=O) groups is 2. The lowest BCUT2D eigenvalue weighted by atomic mass is 10.0. The van der Waals surface area contributed by atoms with Gasteiger partial charge in [0.1, 0.15) is 0 Å². The summed E-state index contributed by atoms with van der Waals surface area (Å²) < 4.78 is 0. The first-order chi connectivity index (χ1) is 11.6. The summed E-state index contributed by atoms with van der Waals surface area (Å²) in [7, 11) is 0. The average molecular weight is 330 g/mol. The molecule has 0 aromatic carbocycles. The molecule has 24 heavy (non-hydrogen) atoms. The molecule has 0 bridgehead atoms. The molecule has 0 atom stereocenters. The average Bonchev–Trinajstić information content (AvgIpc) is 3.03. The molecule has 0 unspecified atom stereocenters. The molecule has 2 saturated heterocycles. The SMILES string of the molecule is Cc1cnccc1CCNC(=O)N1CCC(N2CCCC2=O)CC1. The van der Waals surface area contributed by atoms with Gasteiger partial charge in [0.2, 0.25) is 5.91 Å². The van der Waals surface area contributed by atoms with Crippen molar-refractivity contribution in [2.24, 2.45) is 0 Å². The van der Waals surface area contributed by atoms with E-state index < -0.39 is 0 Å². The normalized spacial score (nSPS) is 19.0. The van der Waals surface area contributed by atoms with E-state index in [1.54, 1.807) is 6.20 Å². The zero-order valence-corrected chi connectivity index (χ0v) is 14.3. The number of urea groups is 1. The van der Waals surface area contributed by atoms with Gasteiger partial charge in [-0.1, -0.05) is 0 Å². The summed E-state index contributed by atoms with van der Waals surface area (Å²) >= 11 is 0. The molecule has 2 aliphatic heterocycles. The van der Waals surface area contributed by atoms with Crippen LogP contribution in [-0.2, 0) is 11.2 Å². The number of aromatic nitrogens is 1. The number of hydrogen-bond acceptors (Lipinski definition) is 3. The molecule has 0 aliphatic carbocycles. The van der Waals surface area contributed by atoms with Gasteiger partial charge in [0, 0.05) is 51.0 Å². The Kier molecular flexibility index (Phi) is 5.33. The zero-order chi connectivity index (χ0) is 16.9. The van der Waals surface area contributed by atoms with E-state index in [9.17, 15) is 9.59 Å². The van der Waals surface area contributed by atoms with Crippen LogP contribution < -0.4 is 5.32 Å². The monoisotopic (exact) mass is 330 g/mol. The minimum atomic E-state index is 0.00732. The summed E-state index contributed by atoms with van der Waals surface area (Å²) in [6.45, 7) is 5.02. The van der Waals surface area contributed by atoms with Crippen molar-refractivity contribution in [3.63, 3.8) is 0 Å². The number of piperidine rings is 1. The lowest BCUT2D eigenvalue weighted by Crippen LogP contribution is -2.50. The molecule has 0 spiro atoms. The molecular formula is C18H26N4O2. The highest BCUT2D eigenvalue weighted by atomic mass is 16.2. The van der Waals surface area contributed by atoms with Gasteiger partial charge in [0.15, 0.2) is 0 Å². The first-order valence-corrected chi connectivity index (χ1v) is 8.87. The molecule has 2 fully saturated rings. The Morgan fingerprint density at radius 1 is 1.33 bits per heavy atom. The largest absolute Gasteiger partial charge is 0.340 e. The van der Waals surface area contributed by atoms with Crippen LogP contribution in [0.2, 0.25) is 0 Å². The van der Waals surface area contributed by atoms with Crippen LogP contribution >= 0.6 is 0 Å². The van der Waals surface area contributed by atoms with Crippen molar-refractivity contribution >= 4 is 11.9 Å². The number of nitrogens with zero attached hydrogens (tertiary/aromatic N) is 3. The van der Waals surface area contributed by atoms with Crippen molar-refractivity contribution in [1.29, 1.82) is 0 Å². The van der Waals surface area contributed by atoms with Gasteiger partial charge in [-0.05, 0) is 49.8 Å². The van der Waals surface area contributed by atoms with Gasteiger partial charge >= 0.3 is 6.03 Å². The highest BCUT2D eigenvalue weighted by Crippen LogP contribution is 2.22. The van der Waals surface area contributed by atoms with Crippen molar-refractivity contribution in [3.05, 3.63) is 29.6 Å². The third kappa shape index (κ3) is 3.86. The van der Waals surface area contributed by atoms with E-state index in [1.807, 2.05) is 29.0 Å². The summed E-state index contributed by atoms with van der Waals surface area (Å²) in [6.07, 6.45) is 7.91. The minimum absolute atomic E-state index is 0.00732. The van der Waals surface area contributed by atoms with Gasteiger partial charge in [-0.25, -0.2) is 4.79 Å². The Hall–Kier alpha value is -2.11. The van der Waals surface area contributed by atoms with Crippen LogP contribution in [0.4, 0.5) is 4.79 Å². The topological polar surface area (TPSA) is 65.5 Å². The van der Waals surface area contributed by atoms with E-state index in [-0.39, 0.29) is 11.9 Å². The van der Waals surface area contributed by atoms with Crippen LogP contribution in [-0.4, -0.2) is 58.9 Å². The molecule has 6 heteroatoms. The highest BCUT2D eigenvalue weighted by Gasteiger charge is 2.31. The summed E-state index contributed by atoms with van der Waals surface area (Å²) in [5.74, 6) is 0.283. The van der Waals surface area contributed by atoms with Gasteiger partial charge in [0.25, 0.3) is 0 Å². The lowest BCUT2D eigenvalue weighted by molar-refractivity contribution is -0.130. The number of aryl methyl sites for hydroxylation is 1. The molecule has 1 aromatic heterocycles. The van der Waals surface area contributed by atoms with Gasteiger partial charge in [-0.2, -0.15) is 0 Å². The third-order valence-electron chi connectivity index (χ3n) is 5.11. The second kappa shape index (κ2) is 7.64. The fraction of sp³-hybridized carbons (Fsp3) is 0.611. The Labute approximate surface area is 143 Å². The second-order valence-electron chi connectivity index (χ2n) is 6.69. The quantitative estimate of drug-likeness (QED) is 0.914. The summed E-state index contributed by atoms with van der Waals surface area (Å²) in [5, 5.41) is 3.01. The van der Waals surface area contributed by atoms with Crippen LogP contribution in [0.15, 0.2) is 18.5 Å². The number of likely N-dealkylation sites (tertiary alicyclic amines) is 2. The molecule has 3 rings (SSSR count).